The second-order valence-corrected chi connectivity index (χ2v) is 4.97. The highest BCUT2D eigenvalue weighted by molar-refractivity contribution is 7.84. The zero-order valence-corrected chi connectivity index (χ0v) is 8.53. The van der Waals surface area contributed by atoms with E-state index in [0.29, 0.717) is 7.94 Å². The van der Waals surface area contributed by atoms with Gasteiger partial charge in [0.2, 0.25) is 0 Å². The van der Waals surface area contributed by atoms with Gasteiger partial charge in [0.15, 0.2) is 12.4 Å². The Morgan fingerprint density at radius 3 is 2.00 bits per heavy atom. The SMILES string of the molecule is Cc1n(S(=O)(=O)O)cc[n+]1S(=O)(=O)O. The summed E-state index contributed by atoms with van der Waals surface area (Å²) in [6.07, 6.45) is 1.58. The number of hydrogen-bond acceptors (Lipinski definition) is 4. The maximum atomic E-state index is 10.6. The van der Waals surface area contributed by atoms with E-state index in [0.717, 1.165) is 19.3 Å². The van der Waals surface area contributed by atoms with E-state index in [4.69, 9.17) is 9.11 Å². The van der Waals surface area contributed by atoms with Gasteiger partial charge in [-0.2, -0.15) is 16.8 Å². The Kier molecular flexibility index (Phi) is 2.39. The molecule has 1 heterocycles. The van der Waals surface area contributed by atoms with Crippen LogP contribution in [-0.2, 0) is 20.6 Å². The van der Waals surface area contributed by atoms with Crippen LogP contribution in [0.2, 0.25) is 0 Å². The fourth-order valence-electron chi connectivity index (χ4n) is 0.922. The Hall–Kier alpha value is -0.970. The molecular formula is C4H7N2O6S2+. The van der Waals surface area contributed by atoms with Gasteiger partial charge >= 0.3 is 20.6 Å². The number of nitrogens with zero attached hydrogens (tertiary/aromatic N) is 2. The molecule has 0 saturated heterocycles. The fourth-order valence-corrected chi connectivity index (χ4v) is 2.23. The minimum atomic E-state index is -4.55. The summed E-state index contributed by atoms with van der Waals surface area (Å²) in [5, 5.41) is 0. The van der Waals surface area contributed by atoms with E-state index in [-0.39, 0.29) is 5.82 Å². The molecule has 0 saturated carbocycles. The van der Waals surface area contributed by atoms with Gasteiger partial charge in [0.05, 0.1) is 0 Å². The predicted octanol–water partition coefficient (Wildman–Crippen LogP) is -1.61. The minimum absolute atomic E-state index is 0.306. The molecule has 1 aromatic heterocycles. The van der Waals surface area contributed by atoms with E-state index in [2.05, 4.69) is 0 Å². The lowest BCUT2D eigenvalue weighted by molar-refractivity contribution is -0.525. The maximum absolute atomic E-state index is 10.6. The van der Waals surface area contributed by atoms with Crippen molar-refractivity contribution in [3.05, 3.63) is 18.2 Å². The molecule has 0 unspecified atom stereocenters. The molecule has 1 aromatic rings. The third kappa shape index (κ3) is 1.92. The molecule has 1 rings (SSSR count). The molecule has 8 nitrogen and oxygen atoms in total. The van der Waals surface area contributed by atoms with Crippen molar-refractivity contribution in [1.82, 2.24) is 3.97 Å². The molecule has 0 aliphatic carbocycles. The first-order valence-electron chi connectivity index (χ1n) is 3.19. The zero-order chi connectivity index (χ0) is 11.1. The Bertz CT molecular complexity index is 503. The van der Waals surface area contributed by atoms with Crippen molar-refractivity contribution in [2.45, 2.75) is 6.92 Å². The Morgan fingerprint density at radius 2 is 1.79 bits per heavy atom. The summed E-state index contributed by atoms with van der Waals surface area (Å²) in [4.78, 5) is 0. The first-order valence-corrected chi connectivity index (χ1v) is 5.99. The lowest BCUT2D eigenvalue weighted by Crippen LogP contribution is -2.43. The van der Waals surface area contributed by atoms with Gasteiger partial charge in [0.1, 0.15) is 0 Å². The van der Waals surface area contributed by atoms with Gasteiger partial charge < -0.3 is 0 Å². The molecule has 0 aliphatic heterocycles. The molecule has 0 atom stereocenters. The van der Waals surface area contributed by atoms with Gasteiger partial charge in [0, 0.05) is 6.92 Å². The van der Waals surface area contributed by atoms with Crippen LogP contribution in [0.4, 0.5) is 0 Å². The standard InChI is InChI=1S/C4H6N2O6S2/c1-4-5(13(7,8)9)2-3-6(4)14(10,11)12/h2-3H,1H3,(H-,7,8,9,10,11,12)/p+1. The topological polar surface area (TPSA) is 118 Å². The molecule has 0 radical (unpaired) electrons. The molecule has 2 N–H and O–H groups in total. The highest BCUT2D eigenvalue weighted by Gasteiger charge is 2.28. The van der Waals surface area contributed by atoms with Gasteiger partial charge in [-0.3, -0.25) is 9.11 Å². The van der Waals surface area contributed by atoms with E-state index in [9.17, 15) is 16.8 Å². The van der Waals surface area contributed by atoms with Crippen molar-refractivity contribution in [1.29, 1.82) is 0 Å². The van der Waals surface area contributed by atoms with Crippen LogP contribution in [-0.4, -0.2) is 29.9 Å². The third-order valence-electron chi connectivity index (χ3n) is 1.47. The van der Waals surface area contributed by atoms with Crippen molar-refractivity contribution in [2.75, 3.05) is 0 Å². The van der Waals surface area contributed by atoms with Crippen LogP contribution in [0, 0.1) is 6.92 Å². The Labute approximate surface area is 80.2 Å². The molecule has 14 heavy (non-hydrogen) atoms. The van der Waals surface area contributed by atoms with Crippen LogP contribution < -0.4 is 3.97 Å². The molecular weight excluding hydrogens is 236 g/mol. The van der Waals surface area contributed by atoms with Crippen LogP contribution in [0.25, 0.3) is 0 Å². The summed E-state index contributed by atoms with van der Waals surface area (Å²) in [5.74, 6) is -0.366. The number of imidazole rings is 1. The predicted molar refractivity (Wildman–Crippen MR) is 43.3 cm³/mol. The summed E-state index contributed by atoms with van der Waals surface area (Å²) in [6, 6.07) is 0. The number of aromatic nitrogens is 2. The lowest BCUT2D eigenvalue weighted by Gasteiger charge is -1.93. The summed E-state index contributed by atoms with van der Waals surface area (Å²) >= 11 is 0. The first kappa shape index (κ1) is 11.1. The molecule has 0 aromatic carbocycles. The second-order valence-electron chi connectivity index (χ2n) is 2.39. The van der Waals surface area contributed by atoms with Gasteiger partial charge in [-0.1, -0.05) is 7.94 Å². The molecule has 10 heteroatoms. The van der Waals surface area contributed by atoms with Gasteiger partial charge in [0.25, 0.3) is 5.82 Å². The quantitative estimate of drug-likeness (QED) is 0.476. The van der Waals surface area contributed by atoms with E-state index >= 15 is 0 Å². The summed E-state index contributed by atoms with van der Waals surface area (Å²) < 4.78 is 60.3. The molecule has 0 spiro atoms. The number of rotatable bonds is 2. The summed E-state index contributed by atoms with van der Waals surface area (Å²) in [7, 11) is -9.11. The largest absolute Gasteiger partial charge is 0.439 e. The average molecular weight is 243 g/mol. The van der Waals surface area contributed by atoms with E-state index in [1.165, 1.54) is 0 Å². The van der Waals surface area contributed by atoms with Gasteiger partial charge in [-0.25, -0.2) is 0 Å². The van der Waals surface area contributed by atoms with Crippen LogP contribution >= 0.6 is 0 Å². The van der Waals surface area contributed by atoms with Gasteiger partial charge in [-0.15, -0.1) is 0 Å². The maximum Gasteiger partial charge on any atom is 0.439 e. The monoisotopic (exact) mass is 243 g/mol. The first-order chi connectivity index (χ1) is 6.14. The van der Waals surface area contributed by atoms with E-state index < -0.39 is 20.6 Å². The van der Waals surface area contributed by atoms with E-state index in [1.54, 1.807) is 0 Å². The van der Waals surface area contributed by atoms with Crippen molar-refractivity contribution >= 4 is 20.6 Å². The van der Waals surface area contributed by atoms with Crippen molar-refractivity contribution in [3.63, 3.8) is 0 Å². The van der Waals surface area contributed by atoms with Crippen LogP contribution in [0.5, 0.6) is 0 Å². The molecule has 0 fully saturated rings. The van der Waals surface area contributed by atoms with Crippen molar-refractivity contribution in [3.8, 4) is 0 Å². The fraction of sp³-hybridized carbons (Fsp3) is 0.250. The number of hydrogen-bond donors (Lipinski definition) is 2. The normalized spacial score (nSPS) is 13.1. The average Bonchev–Trinajstić information content (AvgIpc) is 2.26. The van der Waals surface area contributed by atoms with Crippen molar-refractivity contribution in [2.24, 2.45) is 0 Å². The third-order valence-corrected chi connectivity index (χ3v) is 3.24. The highest BCUT2D eigenvalue weighted by Crippen LogP contribution is 1.98. The summed E-state index contributed by atoms with van der Waals surface area (Å²) in [6.45, 7) is 1.10. The second kappa shape index (κ2) is 3.02. The summed E-state index contributed by atoms with van der Waals surface area (Å²) in [5.41, 5.74) is 0. The lowest BCUT2D eigenvalue weighted by atomic mass is 10.8. The van der Waals surface area contributed by atoms with Crippen LogP contribution in [0.3, 0.4) is 0 Å². The van der Waals surface area contributed by atoms with Crippen LogP contribution in [0.15, 0.2) is 12.4 Å². The highest BCUT2D eigenvalue weighted by atomic mass is 32.2. The Morgan fingerprint density at radius 1 is 1.29 bits per heavy atom. The molecule has 0 amide bonds. The smallest absolute Gasteiger partial charge is 0.251 e. The zero-order valence-electron chi connectivity index (χ0n) is 6.89. The molecule has 0 bridgehead atoms. The van der Waals surface area contributed by atoms with Crippen LogP contribution in [0.1, 0.15) is 5.82 Å². The molecule has 0 aliphatic rings. The van der Waals surface area contributed by atoms with Crippen molar-refractivity contribution < 1.29 is 29.9 Å². The molecule has 80 valence electrons. The minimum Gasteiger partial charge on any atom is -0.251 e. The van der Waals surface area contributed by atoms with E-state index in [1.807, 2.05) is 0 Å². The van der Waals surface area contributed by atoms with Gasteiger partial charge in [-0.05, 0) is 0 Å². The Balaban J connectivity index is 3.53.